The van der Waals surface area contributed by atoms with E-state index in [4.69, 9.17) is 33.7 Å². The first kappa shape index (κ1) is 17.1. The Bertz CT molecular complexity index is 631. The molecule has 0 saturated heterocycles. The standard InChI is InChI=1S/C17H18Cl2FNO/c1-2-14(21)9-16-11(7-12(18)8-17(16)19)10-22-15-5-3-13(20)4-6-15/h3-8,14H,2,9-10,21H2,1H3. The fourth-order valence-corrected chi connectivity index (χ4v) is 2.73. The summed E-state index contributed by atoms with van der Waals surface area (Å²) in [5.74, 6) is 0.288. The quantitative estimate of drug-likeness (QED) is 0.803. The Hall–Kier alpha value is -1.29. The van der Waals surface area contributed by atoms with Crippen LogP contribution in [0.15, 0.2) is 36.4 Å². The summed E-state index contributed by atoms with van der Waals surface area (Å²) in [6.07, 6.45) is 1.52. The van der Waals surface area contributed by atoms with Crippen LogP contribution in [0.1, 0.15) is 24.5 Å². The van der Waals surface area contributed by atoms with Crippen LogP contribution in [0.5, 0.6) is 5.75 Å². The zero-order valence-electron chi connectivity index (χ0n) is 12.3. The van der Waals surface area contributed by atoms with Crippen molar-refractivity contribution in [1.29, 1.82) is 0 Å². The van der Waals surface area contributed by atoms with Gasteiger partial charge in [-0.25, -0.2) is 4.39 Å². The lowest BCUT2D eigenvalue weighted by Gasteiger charge is -2.16. The zero-order valence-corrected chi connectivity index (χ0v) is 13.8. The summed E-state index contributed by atoms with van der Waals surface area (Å²) in [5, 5.41) is 1.14. The molecule has 1 unspecified atom stereocenters. The van der Waals surface area contributed by atoms with Crippen LogP contribution in [0, 0.1) is 5.82 Å². The van der Waals surface area contributed by atoms with Crippen molar-refractivity contribution in [1.82, 2.24) is 0 Å². The summed E-state index contributed by atoms with van der Waals surface area (Å²) in [5.41, 5.74) is 7.87. The Balaban J connectivity index is 2.19. The molecule has 0 spiro atoms. The Morgan fingerprint density at radius 1 is 1.18 bits per heavy atom. The van der Waals surface area contributed by atoms with Crippen molar-refractivity contribution in [3.63, 3.8) is 0 Å². The number of halogens is 3. The van der Waals surface area contributed by atoms with Gasteiger partial charge in [0.05, 0.1) is 0 Å². The van der Waals surface area contributed by atoms with Gasteiger partial charge in [0.15, 0.2) is 0 Å². The van der Waals surface area contributed by atoms with E-state index in [-0.39, 0.29) is 11.9 Å². The second kappa shape index (κ2) is 7.82. The van der Waals surface area contributed by atoms with Crippen LogP contribution in [0.2, 0.25) is 10.0 Å². The van der Waals surface area contributed by atoms with Gasteiger partial charge in [0.2, 0.25) is 0 Å². The second-order valence-electron chi connectivity index (χ2n) is 5.14. The SMILES string of the molecule is CCC(N)Cc1c(Cl)cc(Cl)cc1COc1ccc(F)cc1. The molecule has 118 valence electrons. The van der Waals surface area contributed by atoms with Gasteiger partial charge in [0, 0.05) is 16.1 Å². The minimum atomic E-state index is -0.298. The molecule has 22 heavy (non-hydrogen) atoms. The minimum absolute atomic E-state index is 0.0308. The highest BCUT2D eigenvalue weighted by Crippen LogP contribution is 2.28. The van der Waals surface area contributed by atoms with E-state index in [2.05, 4.69) is 0 Å². The van der Waals surface area contributed by atoms with Crippen molar-refractivity contribution < 1.29 is 9.13 Å². The van der Waals surface area contributed by atoms with Crippen molar-refractivity contribution in [3.05, 3.63) is 63.4 Å². The maximum absolute atomic E-state index is 12.9. The van der Waals surface area contributed by atoms with E-state index < -0.39 is 0 Å². The maximum Gasteiger partial charge on any atom is 0.123 e. The highest BCUT2D eigenvalue weighted by Gasteiger charge is 2.13. The summed E-state index contributed by atoms with van der Waals surface area (Å²) in [7, 11) is 0. The number of rotatable bonds is 6. The van der Waals surface area contributed by atoms with Crippen LogP contribution >= 0.6 is 23.2 Å². The first-order chi connectivity index (χ1) is 10.5. The largest absolute Gasteiger partial charge is 0.489 e. The Morgan fingerprint density at radius 2 is 1.86 bits per heavy atom. The van der Waals surface area contributed by atoms with Crippen LogP contribution in [0.25, 0.3) is 0 Å². The highest BCUT2D eigenvalue weighted by molar-refractivity contribution is 6.35. The molecule has 2 aromatic rings. The first-order valence-electron chi connectivity index (χ1n) is 7.10. The molecule has 0 aromatic heterocycles. The predicted molar refractivity (Wildman–Crippen MR) is 89.2 cm³/mol. The zero-order chi connectivity index (χ0) is 16.1. The van der Waals surface area contributed by atoms with E-state index in [0.717, 1.165) is 17.5 Å². The molecule has 2 nitrogen and oxygen atoms in total. The number of nitrogens with two attached hydrogens (primary N) is 1. The summed E-state index contributed by atoms with van der Waals surface area (Å²) >= 11 is 12.4. The van der Waals surface area contributed by atoms with E-state index in [1.54, 1.807) is 18.2 Å². The summed E-state index contributed by atoms with van der Waals surface area (Å²) in [4.78, 5) is 0. The lowest BCUT2D eigenvalue weighted by atomic mass is 9.99. The number of ether oxygens (including phenoxy) is 1. The summed E-state index contributed by atoms with van der Waals surface area (Å²) < 4.78 is 18.6. The van der Waals surface area contributed by atoms with Crippen molar-refractivity contribution in [2.45, 2.75) is 32.4 Å². The molecule has 1 atom stereocenters. The van der Waals surface area contributed by atoms with Crippen LogP contribution in [0.3, 0.4) is 0 Å². The molecule has 0 bridgehead atoms. The van der Waals surface area contributed by atoms with E-state index >= 15 is 0 Å². The number of hydrogen-bond donors (Lipinski definition) is 1. The predicted octanol–water partition coefficient (Wildman–Crippen LogP) is 4.99. The molecular weight excluding hydrogens is 324 g/mol. The van der Waals surface area contributed by atoms with Crippen LogP contribution in [0.4, 0.5) is 4.39 Å². The monoisotopic (exact) mass is 341 g/mol. The van der Waals surface area contributed by atoms with Crippen LogP contribution in [-0.4, -0.2) is 6.04 Å². The Kier molecular flexibility index (Phi) is 6.07. The lowest BCUT2D eigenvalue weighted by Crippen LogP contribution is -2.22. The average molecular weight is 342 g/mol. The highest BCUT2D eigenvalue weighted by atomic mass is 35.5. The smallest absolute Gasteiger partial charge is 0.123 e. The normalized spacial score (nSPS) is 12.2. The van der Waals surface area contributed by atoms with Gasteiger partial charge < -0.3 is 10.5 Å². The molecule has 5 heteroatoms. The molecule has 2 rings (SSSR count). The van der Waals surface area contributed by atoms with Crippen molar-refractivity contribution in [2.24, 2.45) is 5.73 Å². The molecule has 0 saturated carbocycles. The van der Waals surface area contributed by atoms with Crippen molar-refractivity contribution in [3.8, 4) is 5.75 Å². The lowest BCUT2D eigenvalue weighted by molar-refractivity contribution is 0.304. The van der Waals surface area contributed by atoms with Crippen LogP contribution in [-0.2, 0) is 13.0 Å². The minimum Gasteiger partial charge on any atom is -0.489 e. The first-order valence-corrected chi connectivity index (χ1v) is 7.86. The summed E-state index contributed by atoms with van der Waals surface area (Å²) in [6.45, 7) is 2.33. The fourth-order valence-electron chi connectivity index (χ4n) is 2.11. The van der Waals surface area contributed by atoms with Gasteiger partial charge in [0.25, 0.3) is 0 Å². The van der Waals surface area contributed by atoms with E-state index in [1.807, 2.05) is 13.0 Å². The Labute approximate surface area is 140 Å². The van der Waals surface area contributed by atoms with Crippen molar-refractivity contribution in [2.75, 3.05) is 0 Å². The maximum atomic E-state index is 12.9. The number of hydrogen-bond acceptors (Lipinski definition) is 2. The number of benzene rings is 2. The molecule has 0 aliphatic heterocycles. The van der Waals surface area contributed by atoms with Gasteiger partial charge >= 0.3 is 0 Å². The van der Waals surface area contributed by atoms with Gasteiger partial charge in [-0.2, -0.15) is 0 Å². The second-order valence-corrected chi connectivity index (χ2v) is 5.98. The van der Waals surface area contributed by atoms with Gasteiger partial charge in [-0.1, -0.05) is 30.1 Å². The molecule has 0 aliphatic carbocycles. The topological polar surface area (TPSA) is 35.2 Å². The molecule has 0 heterocycles. The van der Waals surface area contributed by atoms with E-state index in [0.29, 0.717) is 28.8 Å². The molecule has 0 radical (unpaired) electrons. The third-order valence-electron chi connectivity index (χ3n) is 3.45. The third-order valence-corrected chi connectivity index (χ3v) is 4.01. The van der Waals surface area contributed by atoms with E-state index in [9.17, 15) is 4.39 Å². The molecule has 0 amide bonds. The van der Waals surface area contributed by atoms with Gasteiger partial charge in [-0.3, -0.25) is 0 Å². The fraction of sp³-hybridized carbons (Fsp3) is 0.294. The average Bonchev–Trinajstić information content (AvgIpc) is 2.49. The summed E-state index contributed by atoms with van der Waals surface area (Å²) in [6, 6.07) is 9.44. The van der Waals surface area contributed by atoms with Gasteiger partial charge in [-0.15, -0.1) is 0 Å². The molecule has 0 aliphatic rings. The molecule has 2 N–H and O–H groups in total. The van der Waals surface area contributed by atoms with Gasteiger partial charge in [0.1, 0.15) is 18.2 Å². The molecule has 2 aromatic carbocycles. The molecule has 0 fully saturated rings. The molecular formula is C17H18Cl2FNO. The van der Waals surface area contributed by atoms with Crippen molar-refractivity contribution >= 4 is 23.2 Å². The third kappa shape index (κ3) is 4.60. The van der Waals surface area contributed by atoms with Gasteiger partial charge in [-0.05, 0) is 60.4 Å². The Morgan fingerprint density at radius 3 is 2.50 bits per heavy atom. The van der Waals surface area contributed by atoms with Crippen LogP contribution < -0.4 is 10.5 Å². The van der Waals surface area contributed by atoms with E-state index in [1.165, 1.54) is 12.1 Å².